The number of fused-ring (bicyclic) bond motifs is 1. The molecule has 25 heavy (non-hydrogen) atoms. The first kappa shape index (κ1) is 15.7. The average molecular weight is 336 g/mol. The highest BCUT2D eigenvalue weighted by atomic mass is 16.5. The molecule has 1 unspecified atom stereocenters. The number of pyridine rings is 1. The van der Waals surface area contributed by atoms with Crippen LogP contribution in [0.25, 0.3) is 5.65 Å². The maximum Gasteiger partial charge on any atom is 0.254 e. The first-order chi connectivity index (χ1) is 12.2. The Balaban J connectivity index is 1.45. The van der Waals surface area contributed by atoms with Crippen LogP contribution in [0.3, 0.4) is 0 Å². The Morgan fingerprint density at radius 3 is 3.00 bits per heavy atom. The fourth-order valence-electron chi connectivity index (χ4n) is 3.09. The lowest BCUT2D eigenvalue weighted by molar-refractivity contribution is 0.0790. The van der Waals surface area contributed by atoms with Crippen LogP contribution in [0.1, 0.15) is 22.5 Å². The van der Waals surface area contributed by atoms with Crippen molar-refractivity contribution in [1.29, 1.82) is 0 Å². The summed E-state index contributed by atoms with van der Waals surface area (Å²) in [5.41, 5.74) is 8.24. The van der Waals surface area contributed by atoms with Gasteiger partial charge in [0.25, 0.3) is 5.91 Å². The molecule has 0 aliphatic carbocycles. The molecule has 0 spiro atoms. The number of aromatic nitrogens is 2. The van der Waals surface area contributed by atoms with E-state index in [4.69, 9.17) is 10.5 Å². The van der Waals surface area contributed by atoms with E-state index in [1.807, 2.05) is 53.2 Å². The molecule has 3 aromatic rings. The molecule has 1 aliphatic heterocycles. The van der Waals surface area contributed by atoms with E-state index in [1.165, 1.54) is 0 Å². The Morgan fingerprint density at radius 1 is 1.28 bits per heavy atom. The summed E-state index contributed by atoms with van der Waals surface area (Å²) in [6.07, 6.45) is 4.75. The van der Waals surface area contributed by atoms with Gasteiger partial charge in [-0.05, 0) is 36.8 Å². The third-order valence-corrected chi connectivity index (χ3v) is 4.39. The third kappa shape index (κ3) is 3.34. The molecule has 0 saturated carbocycles. The van der Waals surface area contributed by atoms with E-state index >= 15 is 0 Å². The lowest BCUT2D eigenvalue weighted by atomic mass is 10.2. The van der Waals surface area contributed by atoms with Crippen LogP contribution in [0.4, 0.5) is 0 Å². The summed E-state index contributed by atoms with van der Waals surface area (Å²) in [5.74, 6) is 0.664. The number of amides is 1. The minimum atomic E-state index is 0.00568. The standard InChI is InChI=1S/C19H20N4O2/c20-15-7-9-23(11-15)19(24)14-4-3-5-17(10-14)25-13-16-12-22-8-2-1-6-18(22)21-16/h1-6,8,10,12,15H,7,9,11,13,20H2. The van der Waals surface area contributed by atoms with E-state index in [-0.39, 0.29) is 11.9 Å². The zero-order chi connectivity index (χ0) is 17.2. The smallest absolute Gasteiger partial charge is 0.254 e. The second kappa shape index (κ2) is 6.57. The van der Waals surface area contributed by atoms with E-state index in [0.717, 1.165) is 17.8 Å². The Morgan fingerprint density at radius 2 is 2.20 bits per heavy atom. The summed E-state index contributed by atoms with van der Waals surface area (Å²) in [7, 11) is 0. The monoisotopic (exact) mass is 336 g/mol. The number of imidazole rings is 1. The third-order valence-electron chi connectivity index (χ3n) is 4.39. The van der Waals surface area contributed by atoms with Crippen LogP contribution in [0.2, 0.25) is 0 Å². The van der Waals surface area contributed by atoms with Crippen LogP contribution in [0, 0.1) is 0 Å². The molecule has 4 rings (SSSR count). The van der Waals surface area contributed by atoms with E-state index < -0.39 is 0 Å². The molecule has 1 aromatic carbocycles. The molecule has 0 bridgehead atoms. The van der Waals surface area contributed by atoms with Gasteiger partial charge >= 0.3 is 0 Å². The Bertz CT molecular complexity index is 872. The molecule has 1 fully saturated rings. The van der Waals surface area contributed by atoms with Crippen molar-refractivity contribution in [2.24, 2.45) is 5.73 Å². The van der Waals surface area contributed by atoms with Gasteiger partial charge in [0.1, 0.15) is 18.0 Å². The molecule has 0 radical (unpaired) electrons. The second-order valence-corrected chi connectivity index (χ2v) is 6.31. The van der Waals surface area contributed by atoms with E-state index in [9.17, 15) is 4.79 Å². The molecule has 1 saturated heterocycles. The first-order valence-corrected chi connectivity index (χ1v) is 8.39. The van der Waals surface area contributed by atoms with Crippen LogP contribution in [0.15, 0.2) is 54.9 Å². The highest BCUT2D eigenvalue weighted by molar-refractivity contribution is 5.94. The molecule has 128 valence electrons. The highest BCUT2D eigenvalue weighted by Crippen LogP contribution is 2.18. The predicted molar refractivity (Wildman–Crippen MR) is 94.5 cm³/mol. The summed E-state index contributed by atoms with van der Waals surface area (Å²) in [5, 5.41) is 0. The minimum Gasteiger partial charge on any atom is -0.487 e. The van der Waals surface area contributed by atoms with Gasteiger partial charge in [0.15, 0.2) is 0 Å². The number of rotatable bonds is 4. The van der Waals surface area contributed by atoms with Crippen LogP contribution >= 0.6 is 0 Å². The summed E-state index contributed by atoms with van der Waals surface area (Å²) < 4.78 is 7.78. The number of nitrogens with two attached hydrogens (primary N) is 1. The molecule has 6 nitrogen and oxygen atoms in total. The Hall–Kier alpha value is -2.86. The highest BCUT2D eigenvalue weighted by Gasteiger charge is 2.24. The Labute approximate surface area is 145 Å². The molecule has 1 atom stereocenters. The Kier molecular flexibility index (Phi) is 4.11. The van der Waals surface area contributed by atoms with Crippen LogP contribution in [0.5, 0.6) is 5.75 Å². The van der Waals surface area contributed by atoms with E-state index in [1.54, 1.807) is 11.0 Å². The maximum atomic E-state index is 12.5. The van der Waals surface area contributed by atoms with Gasteiger partial charge in [-0.25, -0.2) is 4.98 Å². The van der Waals surface area contributed by atoms with Crippen LogP contribution in [-0.4, -0.2) is 39.3 Å². The topological polar surface area (TPSA) is 72.9 Å². The number of hydrogen-bond donors (Lipinski definition) is 1. The van der Waals surface area contributed by atoms with E-state index in [2.05, 4.69) is 4.98 Å². The van der Waals surface area contributed by atoms with Gasteiger partial charge in [0.2, 0.25) is 0 Å². The minimum absolute atomic E-state index is 0.00568. The van der Waals surface area contributed by atoms with Crippen molar-refractivity contribution in [2.75, 3.05) is 13.1 Å². The van der Waals surface area contributed by atoms with Crippen molar-refractivity contribution in [1.82, 2.24) is 14.3 Å². The van der Waals surface area contributed by atoms with Gasteiger partial charge in [-0.3, -0.25) is 4.79 Å². The molecule has 6 heteroatoms. The van der Waals surface area contributed by atoms with Gasteiger partial charge in [-0.15, -0.1) is 0 Å². The number of benzene rings is 1. The van der Waals surface area contributed by atoms with Crippen molar-refractivity contribution in [2.45, 2.75) is 19.1 Å². The number of likely N-dealkylation sites (tertiary alicyclic amines) is 1. The fourth-order valence-corrected chi connectivity index (χ4v) is 3.09. The SMILES string of the molecule is NC1CCN(C(=O)c2cccc(OCc3cn4ccccc4n3)c2)C1. The van der Waals surface area contributed by atoms with Gasteiger partial charge in [-0.1, -0.05) is 12.1 Å². The van der Waals surface area contributed by atoms with Gasteiger partial charge in [0, 0.05) is 37.1 Å². The summed E-state index contributed by atoms with van der Waals surface area (Å²) in [4.78, 5) is 18.8. The van der Waals surface area contributed by atoms with Gasteiger partial charge in [-0.2, -0.15) is 0 Å². The van der Waals surface area contributed by atoms with Crippen molar-refractivity contribution >= 4 is 11.6 Å². The van der Waals surface area contributed by atoms with E-state index in [0.29, 0.717) is 31.0 Å². The molecule has 2 aromatic heterocycles. The lowest BCUT2D eigenvalue weighted by Crippen LogP contribution is -2.31. The van der Waals surface area contributed by atoms with Crippen LogP contribution in [-0.2, 0) is 6.61 Å². The number of ether oxygens (including phenoxy) is 1. The first-order valence-electron chi connectivity index (χ1n) is 8.39. The molecule has 1 aliphatic rings. The number of carbonyl (C=O) groups excluding carboxylic acids is 1. The average Bonchev–Trinajstić information content (AvgIpc) is 3.25. The number of hydrogen-bond acceptors (Lipinski definition) is 4. The molecule has 2 N–H and O–H groups in total. The van der Waals surface area contributed by atoms with Gasteiger partial charge < -0.3 is 19.8 Å². The normalized spacial score (nSPS) is 17.2. The largest absolute Gasteiger partial charge is 0.487 e. The number of carbonyl (C=O) groups is 1. The quantitative estimate of drug-likeness (QED) is 0.792. The molecular formula is C19H20N4O2. The number of nitrogens with zero attached hydrogens (tertiary/aromatic N) is 3. The van der Waals surface area contributed by atoms with Crippen molar-refractivity contribution in [3.05, 3.63) is 66.1 Å². The maximum absolute atomic E-state index is 12.5. The zero-order valence-electron chi connectivity index (χ0n) is 13.8. The van der Waals surface area contributed by atoms with Crippen LogP contribution < -0.4 is 10.5 Å². The summed E-state index contributed by atoms with van der Waals surface area (Å²) >= 11 is 0. The predicted octanol–water partition coefficient (Wildman–Crippen LogP) is 2.09. The van der Waals surface area contributed by atoms with Crippen molar-refractivity contribution in [3.63, 3.8) is 0 Å². The molecular weight excluding hydrogens is 316 g/mol. The summed E-state index contributed by atoms with van der Waals surface area (Å²) in [6.45, 7) is 1.69. The van der Waals surface area contributed by atoms with Crippen molar-refractivity contribution in [3.8, 4) is 5.75 Å². The fraction of sp³-hybridized carbons (Fsp3) is 0.263. The summed E-state index contributed by atoms with van der Waals surface area (Å²) in [6, 6.07) is 13.2. The van der Waals surface area contributed by atoms with Crippen molar-refractivity contribution < 1.29 is 9.53 Å². The molecule has 3 heterocycles. The zero-order valence-corrected chi connectivity index (χ0v) is 13.8. The second-order valence-electron chi connectivity index (χ2n) is 6.31. The molecule has 1 amide bonds. The van der Waals surface area contributed by atoms with Gasteiger partial charge in [0.05, 0.1) is 5.69 Å². The lowest BCUT2D eigenvalue weighted by Gasteiger charge is -2.16.